The SMILES string of the molecule is O=C1SCCC1NC(=S)NC12CC3CC(CC(C3)C1)C2. The number of hydrogen-bond acceptors (Lipinski definition) is 3. The van der Waals surface area contributed by atoms with E-state index in [-0.39, 0.29) is 16.7 Å². The van der Waals surface area contributed by atoms with Crippen LogP contribution in [0.2, 0.25) is 0 Å². The highest BCUT2D eigenvalue weighted by Gasteiger charge is 2.51. The molecular weight excluding hydrogens is 288 g/mol. The Kier molecular flexibility index (Phi) is 3.26. The van der Waals surface area contributed by atoms with Crippen molar-refractivity contribution in [2.45, 2.75) is 56.5 Å². The van der Waals surface area contributed by atoms with E-state index >= 15 is 0 Å². The maximum atomic E-state index is 11.7. The summed E-state index contributed by atoms with van der Waals surface area (Å²) in [7, 11) is 0. The smallest absolute Gasteiger partial charge is 0.211 e. The second kappa shape index (κ2) is 4.87. The molecule has 4 bridgehead atoms. The quantitative estimate of drug-likeness (QED) is 0.767. The Morgan fingerprint density at radius 1 is 1.15 bits per heavy atom. The van der Waals surface area contributed by atoms with Gasteiger partial charge in [-0.05, 0) is 74.9 Å². The van der Waals surface area contributed by atoms with Crippen LogP contribution in [0.4, 0.5) is 0 Å². The molecule has 1 saturated heterocycles. The van der Waals surface area contributed by atoms with E-state index in [2.05, 4.69) is 10.6 Å². The zero-order valence-corrected chi connectivity index (χ0v) is 13.3. The normalized spacial score (nSPS) is 45.7. The molecule has 0 amide bonds. The molecule has 5 heteroatoms. The van der Waals surface area contributed by atoms with Gasteiger partial charge in [0.05, 0.1) is 6.04 Å². The third-order valence-electron chi connectivity index (χ3n) is 5.66. The minimum absolute atomic E-state index is 0.0612. The molecule has 20 heavy (non-hydrogen) atoms. The average molecular weight is 310 g/mol. The van der Waals surface area contributed by atoms with Gasteiger partial charge in [0, 0.05) is 11.3 Å². The summed E-state index contributed by atoms with van der Waals surface area (Å²) in [5.74, 6) is 3.68. The Hall–Kier alpha value is -0.290. The standard InChI is InChI=1S/C15H22N2OS2/c18-13-12(1-2-20-13)16-14(19)17-15-6-9-3-10(7-15)5-11(4-9)8-15/h9-12H,1-8H2,(H2,16,17,19). The van der Waals surface area contributed by atoms with Crippen molar-refractivity contribution in [3.8, 4) is 0 Å². The molecule has 5 rings (SSSR count). The van der Waals surface area contributed by atoms with Crippen LogP contribution in [0.3, 0.4) is 0 Å². The first kappa shape index (κ1) is 13.4. The van der Waals surface area contributed by atoms with Gasteiger partial charge in [0.15, 0.2) is 5.11 Å². The van der Waals surface area contributed by atoms with Crippen LogP contribution in [-0.4, -0.2) is 27.6 Å². The minimum atomic E-state index is -0.0612. The van der Waals surface area contributed by atoms with E-state index in [0.717, 1.165) is 29.9 Å². The largest absolute Gasteiger partial charge is 0.357 e. The van der Waals surface area contributed by atoms with E-state index in [4.69, 9.17) is 12.2 Å². The lowest BCUT2D eigenvalue weighted by Gasteiger charge is -2.57. The van der Waals surface area contributed by atoms with Gasteiger partial charge in [-0.25, -0.2) is 0 Å². The summed E-state index contributed by atoms with van der Waals surface area (Å²) in [6.45, 7) is 0. The molecule has 1 atom stereocenters. The van der Waals surface area contributed by atoms with Crippen molar-refractivity contribution in [2.24, 2.45) is 17.8 Å². The summed E-state index contributed by atoms with van der Waals surface area (Å²) in [6, 6.07) is -0.0612. The second-order valence-corrected chi connectivity index (χ2v) is 8.81. The third-order valence-corrected chi connectivity index (χ3v) is 6.89. The van der Waals surface area contributed by atoms with Gasteiger partial charge in [0.1, 0.15) is 0 Å². The molecule has 0 aromatic carbocycles. The van der Waals surface area contributed by atoms with Crippen molar-refractivity contribution in [3.63, 3.8) is 0 Å². The molecule has 1 unspecified atom stereocenters. The van der Waals surface area contributed by atoms with Crippen molar-refractivity contribution in [1.29, 1.82) is 0 Å². The number of thiocarbonyl (C=S) groups is 1. The second-order valence-electron chi connectivity index (χ2n) is 7.31. The highest BCUT2D eigenvalue weighted by Crippen LogP contribution is 2.55. The molecule has 110 valence electrons. The van der Waals surface area contributed by atoms with E-state index in [9.17, 15) is 4.79 Å². The van der Waals surface area contributed by atoms with E-state index in [1.54, 1.807) is 0 Å². The molecule has 2 N–H and O–H groups in total. The average Bonchev–Trinajstić information content (AvgIpc) is 2.72. The molecule has 3 nitrogen and oxygen atoms in total. The van der Waals surface area contributed by atoms with Crippen molar-refractivity contribution in [2.75, 3.05) is 5.75 Å². The summed E-state index contributed by atoms with van der Waals surface area (Å²) in [6.07, 6.45) is 9.10. The number of hydrogen-bond donors (Lipinski definition) is 2. The van der Waals surface area contributed by atoms with E-state index in [1.165, 1.54) is 50.3 Å². The topological polar surface area (TPSA) is 41.1 Å². The molecule has 0 aromatic heterocycles. The number of nitrogens with one attached hydrogen (secondary N) is 2. The Bertz CT molecular complexity index is 416. The fraction of sp³-hybridized carbons (Fsp3) is 0.867. The summed E-state index contributed by atoms with van der Waals surface area (Å²) in [5, 5.41) is 7.85. The van der Waals surface area contributed by atoms with Crippen LogP contribution < -0.4 is 10.6 Å². The molecule has 4 aliphatic carbocycles. The number of rotatable bonds is 2. The summed E-state index contributed by atoms with van der Waals surface area (Å²) in [5.41, 5.74) is 0.244. The van der Waals surface area contributed by atoms with Gasteiger partial charge in [-0.15, -0.1) is 0 Å². The van der Waals surface area contributed by atoms with Crippen LogP contribution in [0.5, 0.6) is 0 Å². The van der Waals surface area contributed by atoms with Gasteiger partial charge in [-0.2, -0.15) is 0 Å². The zero-order chi connectivity index (χ0) is 13.7. The van der Waals surface area contributed by atoms with Crippen LogP contribution in [-0.2, 0) is 4.79 Å². The van der Waals surface area contributed by atoms with Crippen LogP contribution in [0.15, 0.2) is 0 Å². The Morgan fingerprint density at radius 3 is 2.25 bits per heavy atom. The van der Waals surface area contributed by atoms with Crippen LogP contribution >= 0.6 is 24.0 Å². The first-order valence-electron chi connectivity index (χ1n) is 7.87. The predicted molar refractivity (Wildman–Crippen MR) is 85.6 cm³/mol. The fourth-order valence-corrected chi connectivity index (χ4v) is 6.62. The Labute approximate surface area is 130 Å². The van der Waals surface area contributed by atoms with Crippen LogP contribution in [0.25, 0.3) is 0 Å². The van der Waals surface area contributed by atoms with Crippen molar-refractivity contribution in [3.05, 3.63) is 0 Å². The van der Waals surface area contributed by atoms with Gasteiger partial charge >= 0.3 is 0 Å². The van der Waals surface area contributed by atoms with Gasteiger partial charge in [0.25, 0.3) is 0 Å². The van der Waals surface area contributed by atoms with Crippen molar-refractivity contribution < 1.29 is 4.79 Å². The summed E-state index contributed by atoms with van der Waals surface area (Å²) >= 11 is 6.92. The number of carbonyl (C=O) groups is 1. The van der Waals surface area contributed by atoms with Gasteiger partial charge in [0.2, 0.25) is 5.12 Å². The predicted octanol–water partition coefficient (Wildman–Crippen LogP) is 2.45. The van der Waals surface area contributed by atoms with E-state index in [0.29, 0.717) is 5.11 Å². The lowest BCUT2D eigenvalue weighted by Crippen LogP contribution is -2.62. The molecule has 5 aliphatic rings. The molecule has 0 aromatic rings. The highest BCUT2D eigenvalue weighted by atomic mass is 32.2. The van der Waals surface area contributed by atoms with Crippen LogP contribution in [0.1, 0.15) is 44.9 Å². The highest BCUT2D eigenvalue weighted by molar-refractivity contribution is 8.14. The monoisotopic (exact) mass is 310 g/mol. The Morgan fingerprint density at radius 2 is 1.75 bits per heavy atom. The summed E-state index contributed by atoms with van der Waals surface area (Å²) in [4.78, 5) is 11.7. The number of thioether (sulfide) groups is 1. The minimum Gasteiger partial charge on any atom is -0.357 e. The summed E-state index contributed by atoms with van der Waals surface area (Å²) < 4.78 is 0. The van der Waals surface area contributed by atoms with Gasteiger partial charge in [-0.1, -0.05) is 11.8 Å². The lowest BCUT2D eigenvalue weighted by molar-refractivity contribution is -0.112. The van der Waals surface area contributed by atoms with Gasteiger partial charge < -0.3 is 10.6 Å². The van der Waals surface area contributed by atoms with E-state index < -0.39 is 0 Å². The number of carbonyl (C=O) groups excluding carboxylic acids is 1. The molecule has 4 saturated carbocycles. The molecular formula is C15H22N2OS2. The molecule has 1 aliphatic heterocycles. The maximum absolute atomic E-state index is 11.7. The molecule has 1 heterocycles. The zero-order valence-electron chi connectivity index (χ0n) is 11.7. The molecule has 5 fully saturated rings. The molecule has 0 spiro atoms. The first-order valence-corrected chi connectivity index (χ1v) is 9.27. The van der Waals surface area contributed by atoms with Crippen molar-refractivity contribution in [1.82, 2.24) is 10.6 Å². The maximum Gasteiger partial charge on any atom is 0.211 e. The molecule has 0 radical (unpaired) electrons. The first-order chi connectivity index (χ1) is 9.62. The Balaban J connectivity index is 1.41. The van der Waals surface area contributed by atoms with Gasteiger partial charge in [-0.3, -0.25) is 4.79 Å². The van der Waals surface area contributed by atoms with Crippen LogP contribution in [0, 0.1) is 17.8 Å². The lowest BCUT2D eigenvalue weighted by atomic mass is 9.53. The van der Waals surface area contributed by atoms with E-state index in [1.807, 2.05) is 0 Å². The third kappa shape index (κ3) is 2.37. The fourth-order valence-electron chi connectivity index (χ4n) is 5.33. The van der Waals surface area contributed by atoms with Crippen molar-refractivity contribution >= 4 is 34.2 Å².